The second-order valence-electron chi connectivity index (χ2n) is 12.0. The number of rotatable bonds is 11. The molecule has 3 aromatic rings. The van der Waals surface area contributed by atoms with Crippen LogP contribution in [0.5, 0.6) is 0 Å². The molecule has 0 aliphatic carbocycles. The first kappa shape index (κ1) is 33.7. The quantitative estimate of drug-likeness (QED) is 0.227. The highest BCUT2D eigenvalue weighted by molar-refractivity contribution is 6.03. The fourth-order valence-corrected chi connectivity index (χ4v) is 4.99. The van der Waals surface area contributed by atoms with E-state index in [2.05, 4.69) is 10.6 Å². The van der Waals surface area contributed by atoms with Gasteiger partial charge in [-0.3, -0.25) is 14.4 Å². The van der Waals surface area contributed by atoms with Gasteiger partial charge in [0, 0.05) is 6.42 Å². The van der Waals surface area contributed by atoms with Gasteiger partial charge in [0.1, 0.15) is 24.4 Å². The zero-order valence-electron chi connectivity index (χ0n) is 26.3. The summed E-state index contributed by atoms with van der Waals surface area (Å²) in [5.74, 6) is -2.11. The number of nitrogens with one attached hydrogen (secondary N) is 2. The molecule has 1 saturated heterocycles. The molecule has 11 heteroatoms. The van der Waals surface area contributed by atoms with Gasteiger partial charge in [-0.15, -0.1) is 0 Å². The summed E-state index contributed by atoms with van der Waals surface area (Å²) in [4.78, 5) is 67.2. The number of benzene rings is 3. The lowest BCUT2D eigenvalue weighted by Crippen LogP contribution is -2.57. The summed E-state index contributed by atoms with van der Waals surface area (Å²) < 4.78 is 16.2. The number of cyclic esters (lactones) is 1. The minimum Gasteiger partial charge on any atom is -0.461 e. The monoisotopic (exact) mass is 629 g/mol. The highest BCUT2D eigenvalue weighted by Crippen LogP contribution is 2.25. The van der Waals surface area contributed by atoms with E-state index in [1.54, 1.807) is 75.4 Å². The van der Waals surface area contributed by atoms with E-state index in [0.717, 1.165) is 10.5 Å². The second-order valence-corrected chi connectivity index (χ2v) is 12.0. The van der Waals surface area contributed by atoms with Gasteiger partial charge in [0.15, 0.2) is 6.04 Å². The van der Waals surface area contributed by atoms with E-state index in [0.29, 0.717) is 11.1 Å². The van der Waals surface area contributed by atoms with E-state index in [4.69, 9.17) is 14.2 Å². The second kappa shape index (κ2) is 15.2. The summed E-state index contributed by atoms with van der Waals surface area (Å²) in [6.07, 6.45) is -3.09. The predicted octanol–water partition coefficient (Wildman–Crippen LogP) is 4.85. The van der Waals surface area contributed by atoms with Gasteiger partial charge in [-0.05, 0) is 44.4 Å². The molecule has 4 rings (SSSR count). The smallest absolute Gasteiger partial charge is 0.417 e. The highest BCUT2D eigenvalue weighted by atomic mass is 16.6. The molecule has 0 aromatic heterocycles. The molecule has 0 spiro atoms. The van der Waals surface area contributed by atoms with Crippen molar-refractivity contribution in [3.05, 3.63) is 108 Å². The maximum absolute atomic E-state index is 14.0. The molecule has 2 N–H and O–H groups in total. The molecule has 0 radical (unpaired) electrons. The van der Waals surface area contributed by atoms with Crippen molar-refractivity contribution in [1.29, 1.82) is 0 Å². The van der Waals surface area contributed by atoms with Crippen LogP contribution in [0, 0.1) is 0 Å². The number of alkyl carbamates (subject to hydrolysis) is 1. The van der Waals surface area contributed by atoms with E-state index in [1.165, 1.54) is 6.92 Å². The number of hydrogen-bond acceptors (Lipinski definition) is 8. The third-order valence-corrected chi connectivity index (χ3v) is 7.12. The minimum absolute atomic E-state index is 0.0192. The first-order valence-corrected chi connectivity index (χ1v) is 15.0. The van der Waals surface area contributed by atoms with Crippen LogP contribution in [0.15, 0.2) is 91.0 Å². The third-order valence-electron chi connectivity index (χ3n) is 7.12. The Hall–Kier alpha value is -5.19. The molecule has 0 saturated carbocycles. The van der Waals surface area contributed by atoms with Crippen LogP contribution in [0.25, 0.3) is 0 Å². The van der Waals surface area contributed by atoms with E-state index in [9.17, 15) is 24.0 Å². The summed E-state index contributed by atoms with van der Waals surface area (Å²) in [6.45, 7) is 6.60. The van der Waals surface area contributed by atoms with E-state index in [-0.39, 0.29) is 19.4 Å². The Labute approximate surface area is 268 Å². The molecule has 242 valence electrons. The Bertz CT molecular complexity index is 1510. The van der Waals surface area contributed by atoms with Gasteiger partial charge in [0.2, 0.25) is 5.91 Å². The van der Waals surface area contributed by atoms with Crippen LogP contribution in [0.2, 0.25) is 0 Å². The summed E-state index contributed by atoms with van der Waals surface area (Å²) in [5.41, 5.74) is 1.29. The van der Waals surface area contributed by atoms with E-state index < -0.39 is 59.8 Å². The first-order chi connectivity index (χ1) is 21.9. The van der Waals surface area contributed by atoms with Crippen LogP contribution in [0.4, 0.5) is 9.59 Å². The lowest BCUT2D eigenvalue weighted by molar-refractivity contribution is -0.146. The van der Waals surface area contributed by atoms with Gasteiger partial charge in [-0.2, -0.15) is 0 Å². The van der Waals surface area contributed by atoms with Crippen molar-refractivity contribution < 1.29 is 38.2 Å². The van der Waals surface area contributed by atoms with Crippen LogP contribution < -0.4 is 10.6 Å². The molecule has 3 aromatic carbocycles. The van der Waals surface area contributed by atoms with Crippen molar-refractivity contribution in [3.63, 3.8) is 0 Å². The Kier molecular flexibility index (Phi) is 11.1. The van der Waals surface area contributed by atoms with Gasteiger partial charge in [0.25, 0.3) is 5.91 Å². The average Bonchev–Trinajstić information content (AvgIpc) is 3.32. The lowest BCUT2D eigenvalue weighted by atomic mass is 10.0. The molecule has 1 aliphatic rings. The standard InChI is InChI=1S/C35H39N3O8/c1-23-30(31(40)36-27(26-18-12-7-13-19-26)21-29(39)44-22-25-16-10-6-11-17-25)38(34(43)45-23)32(41)28(20-24-14-8-5-9-15-24)37-33(42)46-35(2,3)4/h5-19,23,27-28,30H,20-22H2,1-4H3,(H,36,40)(H,37,42)/t23-,27+,28-,30+/m0/s1. The van der Waals surface area contributed by atoms with Crippen LogP contribution in [-0.4, -0.2) is 58.7 Å². The summed E-state index contributed by atoms with van der Waals surface area (Å²) in [6, 6.07) is 23.4. The normalized spacial score (nSPS) is 17.3. The first-order valence-electron chi connectivity index (χ1n) is 15.0. The predicted molar refractivity (Wildman–Crippen MR) is 168 cm³/mol. The summed E-state index contributed by atoms with van der Waals surface area (Å²) in [5, 5.41) is 5.38. The molecule has 46 heavy (non-hydrogen) atoms. The number of esters is 1. The van der Waals surface area contributed by atoms with Gasteiger partial charge in [0.05, 0.1) is 12.5 Å². The average molecular weight is 630 g/mol. The minimum atomic E-state index is -1.38. The molecule has 1 fully saturated rings. The Morgan fingerprint density at radius 3 is 2.00 bits per heavy atom. The SMILES string of the molecule is C[C@@H]1OC(=O)N(C(=O)[C@H](Cc2ccccc2)NC(=O)OC(C)(C)C)[C@H]1C(=O)N[C@H](CC(=O)OCc1ccccc1)c1ccccc1. The number of carbonyl (C=O) groups is 5. The number of carbonyl (C=O) groups excluding carboxylic acids is 5. The molecule has 4 amide bonds. The molecular formula is C35H39N3O8. The Balaban J connectivity index is 1.54. The van der Waals surface area contributed by atoms with Gasteiger partial charge < -0.3 is 24.8 Å². The molecule has 1 heterocycles. The van der Waals surface area contributed by atoms with Crippen LogP contribution in [0.1, 0.15) is 56.8 Å². The van der Waals surface area contributed by atoms with Crippen molar-refractivity contribution in [2.75, 3.05) is 0 Å². The zero-order valence-corrected chi connectivity index (χ0v) is 26.3. The van der Waals surface area contributed by atoms with E-state index in [1.807, 2.05) is 36.4 Å². The van der Waals surface area contributed by atoms with Crippen molar-refractivity contribution in [1.82, 2.24) is 15.5 Å². The Morgan fingerprint density at radius 1 is 0.848 bits per heavy atom. The fraction of sp³-hybridized carbons (Fsp3) is 0.343. The van der Waals surface area contributed by atoms with E-state index >= 15 is 0 Å². The van der Waals surface area contributed by atoms with Gasteiger partial charge in [-0.25, -0.2) is 14.5 Å². The van der Waals surface area contributed by atoms with Crippen LogP contribution in [0.3, 0.4) is 0 Å². The van der Waals surface area contributed by atoms with Crippen molar-refractivity contribution in [2.45, 2.75) is 77.0 Å². The topological polar surface area (TPSA) is 140 Å². The Morgan fingerprint density at radius 2 is 1.41 bits per heavy atom. The third kappa shape index (κ3) is 9.40. The highest BCUT2D eigenvalue weighted by Gasteiger charge is 2.49. The maximum Gasteiger partial charge on any atom is 0.417 e. The fourth-order valence-electron chi connectivity index (χ4n) is 4.99. The molecule has 11 nitrogen and oxygen atoms in total. The molecular weight excluding hydrogens is 590 g/mol. The summed E-state index contributed by atoms with van der Waals surface area (Å²) in [7, 11) is 0. The van der Waals surface area contributed by atoms with Crippen molar-refractivity contribution in [3.8, 4) is 0 Å². The van der Waals surface area contributed by atoms with Gasteiger partial charge in [-0.1, -0.05) is 91.0 Å². The summed E-state index contributed by atoms with van der Waals surface area (Å²) >= 11 is 0. The number of ether oxygens (including phenoxy) is 3. The van der Waals surface area contributed by atoms with Crippen LogP contribution >= 0.6 is 0 Å². The number of amides is 4. The number of nitrogens with zero attached hydrogens (tertiary/aromatic N) is 1. The number of imide groups is 1. The number of hydrogen-bond donors (Lipinski definition) is 2. The molecule has 1 aliphatic heterocycles. The molecule has 0 unspecified atom stereocenters. The van der Waals surface area contributed by atoms with Crippen molar-refractivity contribution >= 4 is 30.0 Å². The molecule has 0 bridgehead atoms. The van der Waals surface area contributed by atoms with Crippen molar-refractivity contribution in [2.24, 2.45) is 0 Å². The van der Waals surface area contributed by atoms with Gasteiger partial charge >= 0.3 is 18.2 Å². The zero-order chi connectivity index (χ0) is 33.3. The molecule has 4 atom stereocenters. The largest absolute Gasteiger partial charge is 0.461 e. The lowest BCUT2D eigenvalue weighted by Gasteiger charge is -2.28. The maximum atomic E-state index is 14.0. The van der Waals surface area contributed by atoms with Crippen LogP contribution in [-0.2, 0) is 41.6 Å².